The van der Waals surface area contributed by atoms with Gasteiger partial charge in [-0.05, 0) is 18.1 Å². The summed E-state index contributed by atoms with van der Waals surface area (Å²) in [5.41, 5.74) is 2.47. The van der Waals surface area contributed by atoms with Crippen LogP contribution in [-0.2, 0) is 0 Å². The molecule has 4 aromatic rings. The van der Waals surface area contributed by atoms with Gasteiger partial charge >= 0.3 is 5.63 Å². The average Bonchev–Trinajstić information content (AvgIpc) is 2.77. The fourth-order valence-corrected chi connectivity index (χ4v) is 4.08. The molecular weight excluding hydrogens is 380 g/mol. The standard InChI is InChI=1S/C25H18O5/c1-14-24-21(17(12-20(27)30-24)15-8-4-2-5-9-15)23(28)22-18(26)13-19(29-25(14)22)16-10-6-3-7-11-16/h2-12,19,28H,13H2,1H3. The number of phenolic OH excluding ortho intramolecular Hbond substituents is 1. The zero-order valence-corrected chi connectivity index (χ0v) is 16.2. The first kappa shape index (κ1) is 18.2. The number of aromatic hydroxyl groups is 1. The van der Waals surface area contributed by atoms with Gasteiger partial charge in [-0.25, -0.2) is 4.79 Å². The van der Waals surface area contributed by atoms with Crippen molar-refractivity contribution in [3.63, 3.8) is 0 Å². The lowest BCUT2D eigenvalue weighted by atomic mass is 9.90. The van der Waals surface area contributed by atoms with Gasteiger partial charge in [0.05, 0.1) is 11.8 Å². The van der Waals surface area contributed by atoms with Crippen LogP contribution in [0, 0.1) is 6.92 Å². The van der Waals surface area contributed by atoms with Crippen LogP contribution >= 0.6 is 0 Å². The van der Waals surface area contributed by atoms with Crippen molar-refractivity contribution >= 4 is 16.8 Å². The van der Waals surface area contributed by atoms with Gasteiger partial charge in [0.15, 0.2) is 5.78 Å². The molecule has 30 heavy (non-hydrogen) atoms. The normalized spacial score (nSPS) is 15.6. The number of hydrogen-bond donors (Lipinski definition) is 1. The highest BCUT2D eigenvalue weighted by Crippen LogP contribution is 2.48. The van der Waals surface area contributed by atoms with E-state index in [-0.39, 0.29) is 34.8 Å². The van der Waals surface area contributed by atoms with E-state index in [0.29, 0.717) is 16.5 Å². The van der Waals surface area contributed by atoms with Crippen LogP contribution in [0.15, 0.2) is 75.9 Å². The summed E-state index contributed by atoms with van der Waals surface area (Å²) in [5.74, 6) is -0.166. The van der Waals surface area contributed by atoms with E-state index < -0.39 is 11.7 Å². The first-order valence-electron chi connectivity index (χ1n) is 9.68. The van der Waals surface area contributed by atoms with E-state index in [4.69, 9.17) is 9.15 Å². The Balaban J connectivity index is 1.78. The van der Waals surface area contributed by atoms with Gasteiger partial charge in [-0.2, -0.15) is 0 Å². The number of ketones is 1. The van der Waals surface area contributed by atoms with Gasteiger partial charge in [0.1, 0.15) is 28.7 Å². The second kappa shape index (κ2) is 6.88. The number of fused-ring (bicyclic) bond motifs is 2. The van der Waals surface area contributed by atoms with Crippen LogP contribution in [-0.4, -0.2) is 10.9 Å². The minimum absolute atomic E-state index is 0.118. The largest absolute Gasteiger partial charge is 0.506 e. The molecule has 5 nitrogen and oxygen atoms in total. The smallest absolute Gasteiger partial charge is 0.336 e. The summed E-state index contributed by atoms with van der Waals surface area (Å²) in [6, 6.07) is 20.0. The lowest BCUT2D eigenvalue weighted by molar-refractivity contribution is 0.0844. The van der Waals surface area contributed by atoms with Crippen molar-refractivity contribution in [3.8, 4) is 22.6 Å². The molecule has 1 N–H and O–H groups in total. The van der Waals surface area contributed by atoms with E-state index in [9.17, 15) is 14.7 Å². The summed E-state index contributed by atoms with van der Waals surface area (Å²) >= 11 is 0. The summed E-state index contributed by atoms with van der Waals surface area (Å²) < 4.78 is 11.6. The molecule has 1 atom stereocenters. The molecule has 1 unspecified atom stereocenters. The van der Waals surface area contributed by atoms with Crippen molar-refractivity contribution in [2.45, 2.75) is 19.4 Å². The molecule has 0 amide bonds. The quantitative estimate of drug-likeness (QED) is 0.471. The highest BCUT2D eigenvalue weighted by Gasteiger charge is 2.34. The Hall–Kier alpha value is -3.86. The average molecular weight is 398 g/mol. The third-order valence-electron chi connectivity index (χ3n) is 5.51. The van der Waals surface area contributed by atoms with Gasteiger partial charge in [-0.3, -0.25) is 4.79 Å². The number of carbonyl (C=O) groups is 1. The Labute approximate surface area is 172 Å². The Bertz CT molecular complexity index is 1340. The van der Waals surface area contributed by atoms with Crippen molar-refractivity contribution in [1.29, 1.82) is 0 Å². The predicted octanol–water partition coefficient (Wildman–Crippen LogP) is 5.18. The topological polar surface area (TPSA) is 76.7 Å². The molecular formula is C25H18O5. The molecule has 5 rings (SSSR count). The molecule has 1 aromatic heterocycles. The lowest BCUT2D eigenvalue weighted by Gasteiger charge is -2.28. The number of hydrogen-bond acceptors (Lipinski definition) is 5. The minimum Gasteiger partial charge on any atom is -0.506 e. The fourth-order valence-electron chi connectivity index (χ4n) is 4.08. The molecule has 0 saturated heterocycles. The Morgan fingerprint density at radius 3 is 2.33 bits per heavy atom. The summed E-state index contributed by atoms with van der Waals surface area (Å²) in [5, 5.41) is 11.5. The molecule has 5 heteroatoms. The van der Waals surface area contributed by atoms with E-state index in [0.717, 1.165) is 11.1 Å². The molecule has 0 aliphatic carbocycles. The number of carbonyl (C=O) groups excluding carboxylic acids is 1. The SMILES string of the molecule is Cc1c2c(c(O)c3c(-c4ccccc4)cc(=O)oc13)C(=O)CC(c1ccccc1)O2. The first-order valence-corrected chi connectivity index (χ1v) is 9.68. The van der Waals surface area contributed by atoms with E-state index in [1.807, 2.05) is 60.7 Å². The van der Waals surface area contributed by atoms with E-state index in [1.54, 1.807) is 6.92 Å². The second-order valence-corrected chi connectivity index (χ2v) is 7.37. The van der Waals surface area contributed by atoms with Crippen molar-refractivity contribution in [1.82, 2.24) is 0 Å². The van der Waals surface area contributed by atoms with E-state index in [2.05, 4.69) is 0 Å². The Morgan fingerprint density at radius 2 is 1.63 bits per heavy atom. The third kappa shape index (κ3) is 2.78. The molecule has 0 bridgehead atoms. The zero-order chi connectivity index (χ0) is 20.8. The highest BCUT2D eigenvalue weighted by atomic mass is 16.5. The van der Waals surface area contributed by atoms with Gasteiger partial charge in [0.2, 0.25) is 0 Å². The first-order chi connectivity index (χ1) is 14.5. The summed E-state index contributed by atoms with van der Waals surface area (Å²) in [7, 11) is 0. The number of phenols is 1. The van der Waals surface area contributed by atoms with Crippen molar-refractivity contribution in [2.24, 2.45) is 0 Å². The van der Waals surface area contributed by atoms with Crippen LogP contribution in [0.5, 0.6) is 11.5 Å². The summed E-state index contributed by atoms with van der Waals surface area (Å²) in [4.78, 5) is 25.4. The lowest BCUT2D eigenvalue weighted by Crippen LogP contribution is -2.21. The second-order valence-electron chi connectivity index (χ2n) is 7.37. The molecule has 0 fully saturated rings. The van der Waals surface area contributed by atoms with E-state index in [1.165, 1.54) is 6.07 Å². The number of rotatable bonds is 2. The van der Waals surface area contributed by atoms with Gasteiger partial charge in [-0.15, -0.1) is 0 Å². The van der Waals surface area contributed by atoms with Crippen LogP contribution in [0.25, 0.3) is 22.1 Å². The molecule has 148 valence electrons. The van der Waals surface area contributed by atoms with Crippen LogP contribution in [0.3, 0.4) is 0 Å². The monoisotopic (exact) mass is 398 g/mol. The van der Waals surface area contributed by atoms with Crippen molar-refractivity contribution in [3.05, 3.63) is 93.8 Å². The Kier molecular flexibility index (Phi) is 4.17. The maximum absolute atomic E-state index is 13.1. The number of benzene rings is 3. The van der Waals surface area contributed by atoms with Gasteiger partial charge in [0, 0.05) is 17.2 Å². The molecule has 2 heterocycles. The van der Waals surface area contributed by atoms with Gasteiger partial charge in [0.25, 0.3) is 0 Å². The van der Waals surface area contributed by atoms with Crippen LogP contribution in [0.2, 0.25) is 0 Å². The maximum atomic E-state index is 13.1. The summed E-state index contributed by atoms with van der Waals surface area (Å²) in [6.45, 7) is 1.74. The van der Waals surface area contributed by atoms with Crippen LogP contribution < -0.4 is 10.4 Å². The zero-order valence-electron chi connectivity index (χ0n) is 16.2. The molecule has 0 spiro atoms. The molecule has 1 aliphatic rings. The molecule has 0 radical (unpaired) electrons. The van der Waals surface area contributed by atoms with Gasteiger partial charge < -0.3 is 14.3 Å². The minimum atomic E-state index is -0.537. The van der Waals surface area contributed by atoms with Crippen LogP contribution in [0.4, 0.5) is 0 Å². The number of aryl methyl sites for hydroxylation is 1. The molecule has 0 saturated carbocycles. The molecule has 3 aromatic carbocycles. The fraction of sp³-hybridized carbons (Fsp3) is 0.120. The predicted molar refractivity (Wildman–Crippen MR) is 113 cm³/mol. The van der Waals surface area contributed by atoms with Crippen molar-refractivity contribution < 1.29 is 19.1 Å². The number of Topliss-reactive ketones (excluding diaryl/α,β-unsaturated/α-hetero) is 1. The highest BCUT2D eigenvalue weighted by molar-refractivity contribution is 6.11. The maximum Gasteiger partial charge on any atom is 0.336 e. The van der Waals surface area contributed by atoms with Crippen LogP contribution in [0.1, 0.15) is 34.0 Å². The van der Waals surface area contributed by atoms with Gasteiger partial charge in [-0.1, -0.05) is 60.7 Å². The third-order valence-corrected chi connectivity index (χ3v) is 5.51. The summed E-state index contributed by atoms with van der Waals surface area (Å²) in [6.07, 6.45) is -0.349. The number of ether oxygens (including phenoxy) is 1. The molecule has 1 aliphatic heterocycles. The van der Waals surface area contributed by atoms with Crippen molar-refractivity contribution in [2.75, 3.05) is 0 Å². The Morgan fingerprint density at radius 1 is 0.967 bits per heavy atom. The van der Waals surface area contributed by atoms with E-state index >= 15 is 0 Å².